The van der Waals surface area contributed by atoms with E-state index in [4.69, 9.17) is 6.11 Å². The van der Waals surface area contributed by atoms with Crippen LogP contribution in [-0.4, -0.2) is 6.10 Å². The molecule has 1 heteroatoms. The van der Waals surface area contributed by atoms with Crippen LogP contribution in [0.2, 0.25) is 0 Å². The lowest BCUT2D eigenvalue weighted by Gasteiger charge is -2.17. The molecule has 0 spiro atoms. The Kier molecular flexibility index (Phi) is 5.15. The fourth-order valence-electron chi connectivity index (χ4n) is 1.48. The van der Waals surface area contributed by atoms with Gasteiger partial charge in [0.1, 0.15) is 5.75 Å². The summed E-state index contributed by atoms with van der Waals surface area (Å²) in [5, 5.41) is 0. The van der Waals surface area contributed by atoms with Crippen molar-refractivity contribution in [2.45, 2.75) is 52.0 Å². The van der Waals surface area contributed by atoms with Gasteiger partial charge in [-0.2, -0.15) is 0 Å². The molecule has 84 valence electrons. The van der Waals surface area contributed by atoms with Gasteiger partial charge >= 0.3 is 0 Å². The SMILES string of the molecule is [2H][C@@H](CCCC)[C@H](CC)Oc1ccccc1. The Morgan fingerprint density at radius 1 is 1.20 bits per heavy atom. The zero-order valence-corrected chi connectivity index (χ0v) is 9.78. The third kappa shape index (κ3) is 4.87. The molecule has 1 rings (SSSR count). The van der Waals surface area contributed by atoms with E-state index in [1.54, 1.807) is 0 Å². The lowest BCUT2D eigenvalue weighted by molar-refractivity contribution is 0.183. The number of rotatable bonds is 7. The molecule has 0 amide bonds. The van der Waals surface area contributed by atoms with Gasteiger partial charge in [-0.15, -0.1) is 0 Å². The average molecular weight is 207 g/mol. The van der Waals surface area contributed by atoms with Gasteiger partial charge in [0.25, 0.3) is 0 Å². The summed E-state index contributed by atoms with van der Waals surface area (Å²) in [4.78, 5) is 0. The van der Waals surface area contributed by atoms with E-state index in [9.17, 15) is 0 Å². The lowest BCUT2D eigenvalue weighted by atomic mass is 10.1. The van der Waals surface area contributed by atoms with Crippen molar-refractivity contribution < 1.29 is 6.11 Å². The molecular weight excluding hydrogens is 184 g/mol. The topological polar surface area (TPSA) is 9.23 Å². The minimum atomic E-state index is -0.106. The van der Waals surface area contributed by atoms with Crippen molar-refractivity contribution in [3.05, 3.63) is 30.3 Å². The van der Waals surface area contributed by atoms with Gasteiger partial charge in [-0.25, -0.2) is 0 Å². The van der Waals surface area contributed by atoms with Crippen molar-refractivity contribution in [1.82, 2.24) is 0 Å². The maximum Gasteiger partial charge on any atom is 0.119 e. The number of benzene rings is 1. The summed E-state index contributed by atoms with van der Waals surface area (Å²) in [6.07, 6.45) is 4.01. The Labute approximate surface area is 94.9 Å². The van der Waals surface area contributed by atoms with Crippen LogP contribution in [0.25, 0.3) is 0 Å². The molecule has 0 fully saturated rings. The van der Waals surface area contributed by atoms with E-state index in [2.05, 4.69) is 13.8 Å². The van der Waals surface area contributed by atoms with Gasteiger partial charge in [0.05, 0.1) is 6.10 Å². The van der Waals surface area contributed by atoms with Crippen LogP contribution in [0.4, 0.5) is 0 Å². The van der Waals surface area contributed by atoms with E-state index < -0.39 is 0 Å². The van der Waals surface area contributed by atoms with Gasteiger partial charge in [0, 0.05) is 1.37 Å². The molecule has 0 bridgehead atoms. The van der Waals surface area contributed by atoms with Gasteiger partial charge in [0.15, 0.2) is 0 Å². The Morgan fingerprint density at radius 3 is 2.53 bits per heavy atom. The molecular formula is C14H22O. The van der Waals surface area contributed by atoms with Crippen LogP contribution in [0.1, 0.15) is 47.3 Å². The van der Waals surface area contributed by atoms with Crippen LogP contribution in [0.3, 0.4) is 0 Å². The molecule has 0 radical (unpaired) electrons. The minimum absolute atomic E-state index is 0.0222. The highest BCUT2D eigenvalue weighted by Gasteiger charge is 2.06. The second kappa shape index (κ2) is 7.33. The molecule has 1 nitrogen and oxygen atoms in total. The van der Waals surface area contributed by atoms with Crippen molar-refractivity contribution in [2.75, 3.05) is 0 Å². The largest absolute Gasteiger partial charge is 0.490 e. The van der Waals surface area contributed by atoms with Gasteiger partial charge < -0.3 is 4.74 Å². The molecule has 0 aliphatic carbocycles. The van der Waals surface area contributed by atoms with Crippen LogP contribution in [0, 0.1) is 0 Å². The first-order valence-electron chi connectivity index (χ1n) is 6.49. The van der Waals surface area contributed by atoms with E-state index in [0.717, 1.165) is 31.4 Å². The van der Waals surface area contributed by atoms with Gasteiger partial charge in [-0.05, 0) is 31.4 Å². The fraction of sp³-hybridized carbons (Fsp3) is 0.571. The highest BCUT2D eigenvalue weighted by Crippen LogP contribution is 2.16. The Hall–Kier alpha value is -0.980. The lowest BCUT2D eigenvalue weighted by Crippen LogP contribution is -2.14. The summed E-state index contributed by atoms with van der Waals surface area (Å²) < 4.78 is 13.9. The molecule has 0 heterocycles. The molecule has 0 aromatic heterocycles. The Morgan fingerprint density at radius 2 is 1.93 bits per heavy atom. The zero-order chi connectivity index (χ0) is 11.8. The first kappa shape index (κ1) is 10.5. The minimum Gasteiger partial charge on any atom is -0.490 e. The monoisotopic (exact) mass is 207 g/mol. The molecule has 0 unspecified atom stereocenters. The Balaban J connectivity index is 2.48. The van der Waals surface area contributed by atoms with Crippen molar-refractivity contribution >= 4 is 0 Å². The summed E-state index contributed by atoms with van der Waals surface area (Å²) in [6, 6.07) is 9.81. The molecule has 1 aromatic rings. The molecule has 0 N–H and O–H groups in total. The van der Waals surface area contributed by atoms with E-state index in [1.165, 1.54) is 0 Å². The van der Waals surface area contributed by atoms with Crippen LogP contribution in [0.15, 0.2) is 30.3 Å². The maximum atomic E-state index is 8.06. The summed E-state index contributed by atoms with van der Waals surface area (Å²) in [5.74, 6) is 0.878. The first-order chi connectivity index (χ1) is 7.77. The third-order valence-electron chi connectivity index (χ3n) is 2.42. The van der Waals surface area contributed by atoms with E-state index in [-0.39, 0.29) is 12.5 Å². The standard InChI is InChI=1S/C14H22O/c1-3-5-7-10-13(4-2)15-14-11-8-6-9-12-14/h6,8-9,11-13H,3-5,7,10H2,1-2H3/t13-/m0/s1/i10D/t10-,13-. The molecule has 0 aliphatic rings. The van der Waals surface area contributed by atoms with Crippen LogP contribution >= 0.6 is 0 Å². The average Bonchev–Trinajstić information content (AvgIpc) is 2.34. The van der Waals surface area contributed by atoms with Crippen LogP contribution in [-0.2, 0) is 0 Å². The summed E-state index contributed by atoms with van der Waals surface area (Å²) in [5.41, 5.74) is 0. The quantitative estimate of drug-likeness (QED) is 0.643. The molecule has 15 heavy (non-hydrogen) atoms. The molecule has 0 saturated heterocycles. The molecule has 1 aromatic carbocycles. The second-order valence-electron chi connectivity index (χ2n) is 3.76. The zero-order valence-electron chi connectivity index (χ0n) is 10.8. The molecule has 2 atom stereocenters. The number of unbranched alkanes of at least 4 members (excludes halogenated alkanes) is 1. The van der Waals surface area contributed by atoms with Gasteiger partial charge in [-0.3, -0.25) is 0 Å². The summed E-state index contributed by atoms with van der Waals surface area (Å²) in [6.45, 7) is 4.24. The van der Waals surface area contributed by atoms with Gasteiger partial charge in [0.2, 0.25) is 0 Å². The van der Waals surface area contributed by atoms with E-state index in [0.29, 0.717) is 0 Å². The highest BCUT2D eigenvalue weighted by atomic mass is 16.5. The normalized spacial score (nSPS) is 15.5. The number of hydrogen-bond donors (Lipinski definition) is 0. The van der Waals surface area contributed by atoms with Crippen molar-refractivity contribution in [3.63, 3.8) is 0 Å². The fourth-order valence-corrected chi connectivity index (χ4v) is 1.48. The van der Waals surface area contributed by atoms with E-state index >= 15 is 0 Å². The second-order valence-corrected chi connectivity index (χ2v) is 3.76. The number of ether oxygens (including phenoxy) is 1. The van der Waals surface area contributed by atoms with E-state index in [1.807, 2.05) is 30.3 Å². The van der Waals surface area contributed by atoms with Crippen LogP contribution in [0.5, 0.6) is 5.75 Å². The summed E-state index contributed by atoms with van der Waals surface area (Å²) >= 11 is 0. The third-order valence-corrected chi connectivity index (χ3v) is 2.42. The first-order valence-corrected chi connectivity index (χ1v) is 5.91. The molecule has 0 aliphatic heterocycles. The smallest absolute Gasteiger partial charge is 0.119 e. The van der Waals surface area contributed by atoms with Crippen molar-refractivity contribution in [3.8, 4) is 5.75 Å². The predicted molar refractivity (Wildman–Crippen MR) is 65.3 cm³/mol. The van der Waals surface area contributed by atoms with Crippen LogP contribution < -0.4 is 4.74 Å². The Bertz CT molecular complexity index is 273. The van der Waals surface area contributed by atoms with Crippen molar-refractivity contribution in [1.29, 1.82) is 0 Å². The highest BCUT2D eigenvalue weighted by molar-refractivity contribution is 5.21. The van der Waals surface area contributed by atoms with Crippen molar-refractivity contribution in [2.24, 2.45) is 0 Å². The molecule has 0 saturated carbocycles. The maximum absolute atomic E-state index is 8.06. The van der Waals surface area contributed by atoms with Gasteiger partial charge in [-0.1, -0.05) is 44.9 Å². The number of para-hydroxylation sites is 1. The predicted octanol–water partition coefficient (Wildman–Crippen LogP) is 4.42. The summed E-state index contributed by atoms with van der Waals surface area (Å²) in [7, 11) is 0. The number of hydrogen-bond acceptors (Lipinski definition) is 1.